The van der Waals surface area contributed by atoms with Gasteiger partial charge in [0.25, 0.3) is 5.91 Å². The number of anilines is 2. The van der Waals surface area contributed by atoms with Gasteiger partial charge < -0.3 is 15.0 Å². The van der Waals surface area contributed by atoms with Crippen molar-refractivity contribution in [2.75, 3.05) is 23.4 Å². The minimum atomic E-state index is -0.333. The molecule has 1 saturated heterocycles. The Morgan fingerprint density at radius 2 is 1.86 bits per heavy atom. The van der Waals surface area contributed by atoms with Crippen LogP contribution in [0, 0.1) is 0 Å². The lowest BCUT2D eigenvalue weighted by molar-refractivity contribution is -0.118. The maximum absolute atomic E-state index is 12.3. The highest BCUT2D eigenvalue weighted by molar-refractivity contribution is 6.01. The lowest BCUT2D eigenvalue weighted by Crippen LogP contribution is -2.23. The van der Waals surface area contributed by atoms with Crippen molar-refractivity contribution in [2.24, 2.45) is 0 Å². The minimum absolute atomic E-state index is 0.122. The van der Waals surface area contributed by atoms with Gasteiger partial charge in [-0.2, -0.15) is 0 Å². The predicted molar refractivity (Wildman–Crippen MR) is 111 cm³/mol. The van der Waals surface area contributed by atoms with Gasteiger partial charge in [0.1, 0.15) is 5.75 Å². The van der Waals surface area contributed by atoms with Gasteiger partial charge in [-0.3, -0.25) is 14.4 Å². The number of ether oxygens (including phenoxy) is 1. The number of benzene rings is 3. The van der Waals surface area contributed by atoms with Crippen molar-refractivity contribution in [1.29, 1.82) is 0 Å². The second-order valence-corrected chi connectivity index (χ2v) is 6.85. The zero-order valence-electron chi connectivity index (χ0n) is 15.8. The van der Waals surface area contributed by atoms with Gasteiger partial charge >= 0.3 is 0 Å². The van der Waals surface area contributed by atoms with Gasteiger partial charge in [0.15, 0.2) is 12.9 Å². The van der Waals surface area contributed by atoms with Crippen molar-refractivity contribution in [3.63, 3.8) is 0 Å². The van der Waals surface area contributed by atoms with Crippen LogP contribution in [0.15, 0.2) is 60.7 Å². The Labute approximate surface area is 168 Å². The number of aldehydes is 1. The van der Waals surface area contributed by atoms with Crippen molar-refractivity contribution < 1.29 is 19.1 Å². The first kappa shape index (κ1) is 18.7. The second-order valence-electron chi connectivity index (χ2n) is 6.85. The second kappa shape index (κ2) is 8.14. The predicted octanol–water partition coefficient (Wildman–Crippen LogP) is 3.80. The molecule has 1 heterocycles. The minimum Gasteiger partial charge on any atom is -0.483 e. The van der Waals surface area contributed by atoms with E-state index in [0.717, 1.165) is 35.7 Å². The van der Waals surface area contributed by atoms with Crippen LogP contribution in [0.3, 0.4) is 0 Å². The number of nitrogens with one attached hydrogen (secondary N) is 1. The van der Waals surface area contributed by atoms with Crippen molar-refractivity contribution in [3.05, 3.63) is 66.2 Å². The summed E-state index contributed by atoms with van der Waals surface area (Å²) in [7, 11) is 0. The number of carbonyl (C=O) groups excluding carboxylic acids is 3. The molecule has 0 atom stereocenters. The summed E-state index contributed by atoms with van der Waals surface area (Å²) in [5.41, 5.74) is 1.87. The molecule has 1 aliphatic heterocycles. The molecule has 1 fully saturated rings. The molecule has 0 bridgehead atoms. The van der Waals surface area contributed by atoms with Gasteiger partial charge in [-0.15, -0.1) is 0 Å². The van der Waals surface area contributed by atoms with E-state index in [-0.39, 0.29) is 18.4 Å². The van der Waals surface area contributed by atoms with E-state index in [2.05, 4.69) is 5.32 Å². The summed E-state index contributed by atoms with van der Waals surface area (Å²) >= 11 is 0. The van der Waals surface area contributed by atoms with Gasteiger partial charge in [0.05, 0.1) is 5.56 Å². The first-order chi connectivity index (χ1) is 14.2. The standard InChI is InChI=1S/C23H20N2O4/c26-14-20-19-5-2-1-4-16(19)7-12-21(20)29-15-22(27)24-17-8-10-18(11-9-17)25-13-3-6-23(25)28/h1-2,4-5,7-12,14H,3,6,13,15H2,(H,24,27). The Kier molecular flexibility index (Phi) is 5.24. The summed E-state index contributed by atoms with van der Waals surface area (Å²) in [5, 5.41) is 4.48. The third-order valence-corrected chi connectivity index (χ3v) is 4.94. The highest BCUT2D eigenvalue weighted by atomic mass is 16.5. The Balaban J connectivity index is 1.40. The lowest BCUT2D eigenvalue weighted by Gasteiger charge is -2.16. The Hall–Kier alpha value is -3.67. The number of hydrogen-bond acceptors (Lipinski definition) is 4. The van der Waals surface area contributed by atoms with E-state index in [1.54, 1.807) is 23.1 Å². The molecule has 0 saturated carbocycles. The van der Waals surface area contributed by atoms with E-state index in [1.165, 1.54) is 0 Å². The van der Waals surface area contributed by atoms with Crippen LogP contribution in [0.25, 0.3) is 10.8 Å². The highest BCUT2D eigenvalue weighted by Gasteiger charge is 2.21. The molecule has 146 valence electrons. The molecule has 0 aliphatic carbocycles. The topological polar surface area (TPSA) is 75.7 Å². The van der Waals surface area contributed by atoms with Crippen LogP contribution in [0.5, 0.6) is 5.75 Å². The average molecular weight is 388 g/mol. The van der Waals surface area contributed by atoms with Crippen LogP contribution in [0.1, 0.15) is 23.2 Å². The number of rotatable bonds is 6. The fourth-order valence-electron chi connectivity index (χ4n) is 3.51. The highest BCUT2D eigenvalue weighted by Crippen LogP contribution is 2.27. The zero-order valence-corrected chi connectivity index (χ0v) is 15.8. The molecule has 3 aromatic rings. The molecule has 0 aromatic heterocycles. The summed E-state index contributed by atoms with van der Waals surface area (Å²) < 4.78 is 5.59. The summed E-state index contributed by atoms with van der Waals surface area (Å²) in [6.07, 6.45) is 2.19. The maximum Gasteiger partial charge on any atom is 0.262 e. The van der Waals surface area contributed by atoms with E-state index in [4.69, 9.17) is 4.74 Å². The van der Waals surface area contributed by atoms with Crippen LogP contribution in [0.4, 0.5) is 11.4 Å². The van der Waals surface area contributed by atoms with Crippen LogP contribution in [-0.4, -0.2) is 31.3 Å². The van der Waals surface area contributed by atoms with Gasteiger partial charge in [0.2, 0.25) is 5.91 Å². The molecule has 4 rings (SSSR count). The van der Waals surface area contributed by atoms with Gasteiger partial charge in [-0.25, -0.2) is 0 Å². The number of fused-ring (bicyclic) bond motifs is 1. The molecule has 0 unspecified atom stereocenters. The number of hydrogen-bond donors (Lipinski definition) is 1. The summed E-state index contributed by atoms with van der Waals surface area (Å²) in [6.45, 7) is 0.509. The molecular weight excluding hydrogens is 368 g/mol. The van der Waals surface area contributed by atoms with Crippen molar-refractivity contribution >= 4 is 40.2 Å². The Morgan fingerprint density at radius 3 is 2.59 bits per heavy atom. The third-order valence-electron chi connectivity index (χ3n) is 4.94. The molecular formula is C23H20N2O4. The van der Waals surface area contributed by atoms with E-state index < -0.39 is 0 Å². The van der Waals surface area contributed by atoms with Gasteiger partial charge in [-0.1, -0.05) is 30.3 Å². The summed E-state index contributed by atoms with van der Waals surface area (Å²) in [5.74, 6) is 0.160. The average Bonchev–Trinajstić information content (AvgIpc) is 3.18. The van der Waals surface area contributed by atoms with Gasteiger partial charge in [0, 0.05) is 24.3 Å². The lowest BCUT2D eigenvalue weighted by atomic mass is 10.0. The molecule has 6 nitrogen and oxygen atoms in total. The van der Waals surface area contributed by atoms with E-state index in [0.29, 0.717) is 23.4 Å². The summed E-state index contributed by atoms with van der Waals surface area (Å²) in [4.78, 5) is 37.3. The number of amides is 2. The normalized spacial score (nSPS) is 13.5. The molecule has 6 heteroatoms. The molecule has 0 spiro atoms. The molecule has 2 amide bonds. The van der Waals surface area contributed by atoms with E-state index in [9.17, 15) is 14.4 Å². The molecule has 3 aromatic carbocycles. The van der Waals surface area contributed by atoms with E-state index in [1.807, 2.05) is 42.5 Å². The van der Waals surface area contributed by atoms with Crippen LogP contribution in [0.2, 0.25) is 0 Å². The molecule has 0 radical (unpaired) electrons. The first-order valence-electron chi connectivity index (χ1n) is 9.46. The first-order valence-corrected chi connectivity index (χ1v) is 9.46. The van der Waals surface area contributed by atoms with Crippen molar-refractivity contribution in [1.82, 2.24) is 0 Å². The number of nitrogens with zero attached hydrogens (tertiary/aromatic N) is 1. The quantitative estimate of drug-likeness (QED) is 0.652. The van der Waals surface area contributed by atoms with E-state index >= 15 is 0 Å². The fourth-order valence-corrected chi connectivity index (χ4v) is 3.51. The fraction of sp³-hybridized carbons (Fsp3) is 0.174. The van der Waals surface area contributed by atoms with Crippen LogP contribution < -0.4 is 15.0 Å². The molecule has 29 heavy (non-hydrogen) atoms. The van der Waals surface area contributed by atoms with Crippen molar-refractivity contribution in [2.45, 2.75) is 12.8 Å². The van der Waals surface area contributed by atoms with Crippen LogP contribution in [-0.2, 0) is 9.59 Å². The SMILES string of the molecule is O=Cc1c(OCC(=O)Nc2ccc(N3CCCC3=O)cc2)ccc2ccccc12. The Bertz CT molecular complexity index is 1080. The molecule has 1 aliphatic rings. The van der Waals surface area contributed by atoms with Gasteiger partial charge in [-0.05, 0) is 47.5 Å². The van der Waals surface area contributed by atoms with Crippen molar-refractivity contribution in [3.8, 4) is 5.75 Å². The Morgan fingerprint density at radius 1 is 1.07 bits per heavy atom. The summed E-state index contributed by atoms with van der Waals surface area (Å²) in [6, 6.07) is 18.2. The maximum atomic E-state index is 12.3. The largest absolute Gasteiger partial charge is 0.483 e. The zero-order chi connectivity index (χ0) is 20.2. The third kappa shape index (κ3) is 3.96. The monoisotopic (exact) mass is 388 g/mol. The smallest absolute Gasteiger partial charge is 0.262 e. The number of carbonyl (C=O) groups is 3. The van der Waals surface area contributed by atoms with Crippen LogP contribution >= 0.6 is 0 Å². The molecule has 1 N–H and O–H groups in total.